The topological polar surface area (TPSA) is 56.7 Å². The van der Waals surface area contributed by atoms with Gasteiger partial charge in [-0.1, -0.05) is 127 Å². The number of para-hydroxylation sites is 2. The lowest BCUT2D eigenvalue weighted by molar-refractivity contribution is 0.669. The maximum Gasteiger partial charge on any atom is 0.164 e. The molecule has 0 saturated carbocycles. The molecule has 12 rings (SSSR count). The molecule has 0 N–H and O–H groups in total. The van der Waals surface area contributed by atoms with Crippen molar-refractivity contribution in [3.8, 4) is 51.0 Å². The highest BCUT2D eigenvalue weighted by molar-refractivity contribution is 7.25. The summed E-state index contributed by atoms with van der Waals surface area (Å²) in [4.78, 5) is 15.5. The highest BCUT2D eigenvalue weighted by Gasteiger charge is 2.20. The second-order valence-electron chi connectivity index (χ2n) is 14.4. The van der Waals surface area contributed by atoms with Crippen LogP contribution in [0, 0.1) is 0 Å². The minimum absolute atomic E-state index is 0.596. The Balaban J connectivity index is 1.04. The van der Waals surface area contributed by atoms with Crippen LogP contribution in [0.1, 0.15) is 0 Å². The van der Waals surface area contributed by atoms with Gasteiger partial charge in [0.1, 0.15) is 11.2 Å². The number of rotatable bonds is 5. The lowest BCUT2D eigenvalue weighted by Gasteiger charge is -2.10. The average Bonchev–Trinajstić information content (AvgIpc) is 3.95. The van der Waals surface area contributed by atoms with Crippen LogP contribution in [0.3, 0.4) is 0 Å². The minimum atomic E-state index is 0.596. The molecule has 5 nitrogen and oxygen atoms in total. The van der Waals surface area contributed by atoms with Gasteiger partial charge in [-0.15, -0.1) is 11.3 Å². The Bertz CT molecular complexity index is 3470. The van der Waals surface area contributed by atoms with E-state index in [0.29, 0.717) is 17.5 Å². The molecule has 57 heavy (non-hydrogen) atoms. The van der Waals surface area contributed by atoms with E-state index in [1.54, 1.807) is 11.3 Å². The van der Waals surface area contributed by atoms with Crippen molar-refractivity contribution in [2.75, 3.05) is 0 Å². The highest BCUT2D eigenvalue weighted by atomic mass is 32.1. The third kappa shape index (κ3) is 5.12. The maximum absolute atomic E-state index is 6.53. The largest absolute Gasteiger partial charge is 0.456 e. The van der Waals surface area contributed by atoms with E-state index in [1.807, 2.05) is 42.5 Å². The fourth-order valence-corrected chi connectivity index (χ4v) is 9.53. The van der Waals surface area contributed by atoms with Crippen molar-refractivity contribution in [2.24, 2.45) is 0 Å². The summed E-state index contributed by atoms with van der Waals surface area (Å²) in [6.45, 7) is 0. The molecule has 4 heterocycles. The molecule has 0 atom stereocenters. The van der Waals surface area contributed by atoms with Crippen molar-refractivity contribution < 1.29 is 4.42 Å². The number of benzene rings is 8. The van der Waals surface area contributed by atoms with E-state index in [4.69, 9.17) is 19.4 Å². The van der Waals surface area contributed by atoms with Crippen LogP contribution in [0.15, 0.2) is 186 Å². The number of aromatic nitrogens is 4. The van der Waals surface area contributed by atoms with Crippen LogP contribution in [-0.2, 0) is 0 Å². The molecule has 0 amide bonds. The molecule has 6 heteroatoms. The van der Waals surface area contributed by atoms with Crippen LogP contribution in [0.5, 0.6) is 0 Å². The first-order chi connectivity index (χ1) is 28.2. The van der Waals surface area contributed by atoms with Crippen LogP contribution in [0.2, 0.25) is 0 Å². The Hall–Kier alpha value is -7.41. The molecule has 0 aliphatic heterocycles. The van der Waals surface area contributed by atoms with E-state index in [-0.39, 0.29) is 0 Å². The fraction of sp³-hybridized carbons (Fsp3) is 0. The van der Waals surface area contributed by atoms with Crippen molar-refractivity contribution in [2.45, 2.75) is 0 Å². The zero-order valence-corrected chi connectivity index (χ0v) is 31.2. The molecule has 0 unspecified atom stereocenters. The molecular weight excluding hydrogens is 717 g/mol. The van der Waals surface area contributed by atoms with Gasteiger partial charge in [0.15, 0.2) is 17.5 Å². The SMILES string of the molecule is c1ccc(-c2ccc3sc4cc(-c5nc(-c6ccccc6)nc(-c6cccc7oc8ccc(-n9c%10ccccc%10c%10ccccc%109)cc8c67)n5)ccc4c3c2)cc1. The minimum Gasteiger partial charge on any atom is -0.456 e. The normalized spacial score (nSPS) is 11.9. The van der Waals surface area contributed by atoms with Crippen molar-refractivity contribution in [3.63, 3.8) is 0 Å². The summed E-state index contributed by atoms with van der Waals surface area (Å²) in [5, 5.41) is 6.90. The molecular formula is C51H30N4OS. The van der Waals surface area contributed by atoms with Gasteiger partial charge in [-0.05, 0) is 65.7 Å². The lowest BCUT2D eigenvalue weighted by atomic mass is 10.0. The van der Waals surface area contributed by atoms with Gasteiger partial charge in [-0.25, -0.2) is 15.0 Å². The summed E-state index contributed by atoms with van der Waals surface area (Å²) in [6, 6.07) is 63.8. The van der Waals surface area contributed by atoms with E-state index < -0.39 is 0 Å². The molecule has 0 aliphatic rings. The highest BCUT2D eigenvalue weighted by Crippen LogP contribution is 2.41. The van der Waals surface area contributed by atoms with Crippen molar-refractivity contribution in [1.29, 1.82) is 0 Å². The van der Waals surface area contributed by atoms with Crippen molar-refractivity contribution in [3.05, 3.63) is 182 Å². The van der Waals surface area contributed by atoms with Crippen LogP contribution >= 0.6 is 11.3 Å². The van der Waals surface area contributed by atoms with Crippen LogP contribution in [0.25, 0.3) is 115 Å². The second-order valence-corrected chi connectivity index (χ2v) is 15.5. The lowest BCUT2D eigenvalue weighted by Crippen LogP contribution is -2.00. The summed E-state index contributed by atoms with van der Waals surface area (Å²) in [5.41, 5.74) is 10.2. The first-order valence-corrected chi connectivity index (χ1v) is 19.8. The van der Waals surface area contributed by atoms with Crippen molar-refractivity contribution in [1.82, 2.24) is 19.5 Å². The summed E-state index contributed by atoms with van der Waals surface area (Å²) in [6.07, 6.45) is 0. The second kappa shape index (κ2) is 12.6. The third-order valence-electron chi connectivity index (χ3n) is 11.1. The van der Waals surface area contributed by atoms with E-state index >= 15 is 0 Å². The number of hydrogen-bond donors (Lipinski definition) is 0. The van der Waals surface area contributed by atoms with E-state index in [9.17, 15) is 0 Å². The molecule has 266 valence electrons. The Labute approximate surface area is 330 Å². The average molecular weight is 747 g/mol. The Morgan fingerprint density at radius 1 is 0.386 bits per heavy atom. The number of nitrogens with zero attached hydrogens (tertiary/aromatic N) is 4. The predicted octanol–water partition coefficient (Wildman–Crippen LogP) is 13.9. The molecule has 8 aromatic carbocycles. The molecule has 0 fully saturated rings. The van der Waals surface area contributed by atoms with Gasteiger partial charge in [0, 0.05) is 64.1 Å². The number of hydrogen-bond acceptors (Lipinski definition) is 5. The van der Waals surface area contributed by atoms with E-state index in [0.717, 1.165) is 55.3 Å². The fourth-order valence-electron chi connectivity index (χ4n) is 8.41. The van der Waals surface area contributed by atoms with Gasteiger partial charge in [-0.3, -0.25) is 0 Å². The smallest absolute Gasteiger partial charge is 0.164 e. The molecule has 12 aromatic rings. The standard InChI is InChI=1S/C51H30N4OS/c1-3-12-31(13-4-1)33-23-27-46-40(28-33)38-25-22-34(29-47(38)57-46)50-52-49(32-14-5-2-6-15-32)53-51(54-50)39-18-11-21-45-48(39)41-30-35(24-26-44(41)56-45)55-42-19-9-7-16-36(42)37-17-8-10-20-43(37)55/h1-30H. The van der Waals surface area contributed by atoms with Gasteiger partial charge in [0.2, 0.25) is 0 Å². The molecule has 0 spiro atoms. The predicted molar refractivity (Wildman–Crippen MR) is 236 cm³/mol. The van der Waals surface area contributed by atoms with Gasteiger partial charge in [0.05, 0.1) is 11.0 Å². The summed E-state index contributed by atoms with van der Waals surface area (Å²) in [5.74, 6) is 1.84. The van der Waals surface area contributed by atoms with Gasteiger partial charge >= 0.3 is 0 Å². The summed E-state index contributed by atoms with van der Waals surface area (Å²) < 4.78 is 11.3. The first-order valence-electron chi connectivity index (χ1n) is 19.0. The molecule has 0 saturated heterocycles. The molecule has 0 radical (unpaired) electrons. The van der Waals surface area contributed by atoms with Crippen LogP contribution in [-0.4, -0.2) is 19.5 Å². The van der Waals surface area contributed by atoms with E-state index in [2.05, 4.69) is 144 Å². The van der Waals surface area contributed by atoms with Crippen molar-refractivity contribution >= 4 is 75.3 Å². The molecule has 4 aromatic heterocycles. The zero-order valence-electron chi connectivity index (χ0n) is 30.4. The van der Waals surface area contributed by atoms with Crippen LogP contribution in [0.4, 0.5) is 0 Å². The monoisotopic (exact) mass is 746 g/mol. The number of fused-ring (bicyclic) bond motifs is 9. The van der Waals surface area contributed by atoms with Gasteiger partial charge in [0.25, 0.3) is 0 Å². The Morgan fingerprint density at radius 3 is 1.82 bits per heavy atom. The van der Waals surface area contributed by atoms with Gasteiger partial charge < -0.3 is 8.98 Å². The number of furan rings is 1. The Kier molecular flexibility index (Phi) is 7.03. The summed E-state index contributed by atoms with van der Waals surface area (Å²) >= 11 is 1.80. The van der Waals surface area contributed by atoms with Gasteiger partial charge in [-0.2, -0.15) is 0 Å². The Morgan fingerprint density at radius 2 is 1.05 bits per heavy atom. The molecule has 0 bridgehead atoms. The quantitative estimate of drug-likeness (QED) is 0.176. The first kappa shape index (κ1) is 31.9. The van der Waals surface area contributed by atoms with E-state index in [1.165, 1.54) is 42.1 Å². The van der Waals surface area contributed by atoms with Crippen LogP contribution < -0.4 is 0 Å². The number of thiophene rings is 1. The summed E-state index contributed by atoms with van der Waals surface area (Å²) in [7, 11) is 0. The molecule has 0 aliphatic carbocycles. The maximum atomic E-state index is 6.53. The third-order valence-corrected chi connectivity index (χ3v) is 12.2. The zero-order chi connectivity index (χ0) is 37.5.